The van der Waals surface area contributed by atoms with Crippen molar-refractivity contribution in [3.8, 4) is 22.6 Å². The maximum absolute atomic E-state index is 13.6. The van der Waals surface area contributed by atoms with Crippen LogP contribution in [0.2, 0.25) is 5.02 Å². The van der Waals surface area contributed by atoms with Crippen molar-refractivity contribution >= 4 is 17.5 Å². The highest BCUT2D eigenvalue weighted by atomic mass is 35.5. The molecule has 2 aromatic carbocycles. The predicted molar refractivity (Wildman–Crippen MR) is 118 cm³/mol. The first-order chi connectivity index (χ1) is 14.7. The Kier molecular flexibility index (Phi) is 4.68. The number of rotatable bonds is 5. The number of hydrogen-bond donors (Lipinski definition) is 1. The fourth-order valence-electron chi connectivity index (χ4n) is 4.70. The number of nitrogens with zero attached hydrogens (tertiary/aromatic N) is 3. The van der Waals surface area contributed by atoms with E-state index < -0.39 is 5.60 Å². The molecule has 7 heteroatoms. The Morgan fingerprint density at radius 3 is 2.39 bits per heavy atom. The highest BCUT2D eigenvalue weighted by molar-refractivity contribution is 6.32. The van der Waals surface area contributed by atoms with Crippen LogP contribution >= 0.6 is 11.6 Å². The Bertz CT molecular complexity index is 1160. The Hall–Kier alpha value is -2.70. The number of amides is 1. The number of fused-ring (bicyclic) bond motifs is 1. The van der Waals surface area contributed by atoms with E-state index in [4.69, 9.17) is 16.0 Å². The number of benzene rings is 2. The van der Waals surface area contributed by atoms with Crippen molar-refractivity contribution in [2.45, 2.75) is 51.8 Å². The van der Waals surface area contributed by atoms with Crippen LogP contribution in [0.3, 0.4) is 0 Å². The van der Waals surface area contributed by atoms with Crippen molar-refractivity contribution in [1.29, 1.82) is 0 Å². The monoisotopic (exact) mass is 437 g/mol. The minimum absolute atomic E-state index is 0.0665. The van der Waals surface area contributed by atoms with Gasteiger partial charge in [0.1, 0.15) is 0 Å². The molecule has 1 atom stereocenters. The average Bonchev–Trinajstić information content (AvgIpc) is 3.36. The van der Waals surface area contributed by atoms with E-state index in [1.165, 1.54) is 0 Å². The van der Waals surface area contributed by atoms with E-state index in [1.54, 1.807) is 20.8 Å². The van der Waals surface area contributed by atoms with E-state index in [1.807, 2.05) is 41.3 Å². The van der Waals surface area contributed by atoms with Crippen molar-refractivity contribution < 1.29 is 14.3 Å². The zero-order valence-corrected chi connectivity index (χ0v) is 18.5. The molecular weight excluding hydrogens is 414 g/mol. The molecule has 1 amide bonds. The van der Waals surface area contributed by atoms with E-state index >= 15 is 0 Å². The first kappa shape index (κ1) is 20.2. The molecule has 0 bridgehead atoms. The second-order valence-corrected chi connectivity index (χ2v) is 9.43. The van der Waals surface area contributed by atoms with Gasteiger partial charge >= 0.3 is 0 Å². The predicted octanol–water partition coefficient (Wildman–Crippen LogP) is 4.87. The topological polar surface area (TPSA) is 79.5 Å². The lowest BCUT2D eigenvalue weighted by Gasteiger charge is -2.37. The molecule has 2 aliphatic rings. The lowest BCUT2D eigenvalue weighted by atomic mass is 9.92. The van der Waals surface area contributed by atoms with Crippen LogP contribution in [0.25, 0.3) is 22.6 Å². The van der Waals surface area contributed by atoms with Crippen LogP contribution in [0.4, 0.5) is 0 Å². The van der Waals surface area contributed by atoms with Crippen LogP contribution in [0.5, 0.6) is 0 Å². The summed E-state index contributed by atoms with van der Waals surface area (Å²) in [6, 6.07) is 11.2. The van der Waals surface area contributed by atoms with Gasteiger partial charge in [-0.25, -0.2) is 0 Å². The van der Waals surface area contributed by atoms with Crippen molar-refractivity contribution in [2.24, 2.45) is 5.92 Å². The molecule has 31 heavy (non-hydrogen) atoms. The fraction of sp³-hybridized carbons (Fsp3) is 0.375. The number of aryl methyl sites for hydroxylation is 1. The maximum atomic E-state index is 13.6. The lowest BCUT2D eigenvalue weighted by molar-refractivity contribution is -0.0223. The largest absolute Gasteiger partial charge is 0.421 e. The van der Waals surface area contributed by atoms with Crippen LogP contribution in [-0.4, -0.2) is 37.8 Å². The molecule has 0 spiro atoms. The molecule has 1 saturated carbocycles. The molecule has 2 heterocycles. The molecule has 1 N–H and O–H groups in total. The highest BCUT2D eigenvalue weighted by Gasteiger charge is 2.48. The van der Waals surface area contributed by atoms with E-state index in [0.717, 1.165) is 35.1 Å². The van der Waals surface area contributed by atoms with Crippen LogP contribution in [-0.2, 0) is 6.54 Å². The van der Waals surface area contributed by atoms with Crippen molar-refractivity contribution in [1.82, 2.24) is 15.1 Å². The molecule has 0 radical (unpaired) electrons. The Balaban J connectivity index is 1.53. The number of carbonyl (C=O) groups excluding carboxylic acids is 1. The van der Waals surface area contributed by atoms with Gasteiger partial charge in [-0.05, 0) is 61.9 Å². The Morgan fingerprint density at radius 2 is 1.81 bits per heavy atom. The SMILES string of the molecule is Cc1nnc(-c2ccc(-c3ccc(Cl)c4c3C(=O)N(C(C3CC3)C(C)(C)O)C4)cc2)o1. The quantitative estimate of drug-likeness (QED) is 0.615. The van der Waals surface area contributed by atoms with Gasteiger partial charge in [0.15, 0.2) is 0 Å². The Morgan fingerprint density at radius 1 is 1.13 bits per heavy atom. The van der Waals surface area contributed by atoms with Gasteiger partial charge in [-0.1, -0.05) is 29.8 Å². The second-order valence-electron chi connectivity index (χ2n) is 9.02. The van der Waals surface area contributed by atoms with Gasteiger partial charge in [0.05, 0.1) is 17.2 Å². The summed E-state index contributed by atoms with van der Waals surface area (Å²) >= 11 is 6.51. The number of halogens is 1. The molecule has 1 aliphatic carbocycles. The second kappa shape index (κ2) is 7.18. The zero-order valence-electron chi connectivity index (χ0n) is 17.7. The van der Waals surface area contributed by atoms with Crippen molar-refractivity contribution in [2.75, 3.05) is 0 Å². The summed E-state index contributed by atoms with van der Waals surface area (Å²) in [4.78, 5) is 15.4. The molecule has 1 aromatic heterocycles. The van der Waals surface area contributed by atoms with E-state index in [2.05, 4.69) is 10.2 Å². The third-order valence-electron chi connectivity index (χ3n) is 6.16. The molecule has 0 saturated heterocycles. The van der Waals surface area contributed by atoms with Gasteiger partial charge in [0, 0.05) is 29.6 Å². The molecular formula is C24H24ClN3O3. The summed E-state index contributed by atoms with van der Waals surface area (Å²) in [6.45, 7) is 5.74. The number of hydrogen-bond acceptors (Lipinski definition) is 5. The van der Waals surface area contributed by atoms with E-state index in [9.17, 15) is 9.90 Å². The van der Waals surface area contributed by atoms with Crippen molar-refractivity contribution in [3.05, 3.63) is 58.4 Å². The summed E-state index contributed by atoms with van der Waals surface area (Å²) in [5, 5.41) is 19.3. The molecule has 1 unspecified atom stereocenters. The minimum Gasteiger partial charge on any atom is -0.421 e. The van der Waals surface area contributed by atoms with E-state index in [0.29, 0.717) is 34.8 Å². The summed E-state index contributed by atoms with van der Waals surface area (Å²) in [5.74, 6) is 1.24. The van der Waals surface area contributed by atoms with Gasteiger partial charge in [-0.3, -0.25) is 4.79 Å². The third kappa shape index (κ3) is 3.54. The van der Waals surface area contributed by atoms with Crippen LogP contribution < -0.4 is 0 Å². The summed E-state index contributed by atoms with van der Waals surface area (Å²) < 4.78 is 5.50. The lowest BCUT2D eigenvalue weighted by Crippen LogP contribution is -2.51. The standard InChI is InChI=1S/C24H24ClN3O3/c1-13-26-27-22(31-13)16-8-4-14(5-9-16)17-10-11-19(25)18-12-28(23(29)20(17)18)21(15-6-7-15)24(2,3)30/h4-5,8-11,15,21,30H,6-7,12H2,1-3H3. The van der Waals surface area contributed by atoms with Crippen molar-refractivity contribution in [3.63, 3.8) is 0 Å². The highest BCUT2D eigenvalue weighted by Crippen LogP contribution is 2.45. The summed E-state index contributed by atoms with van der Waals surface area (Å²) in [6.07, 6.45) is 2.07. The first-order valence-electron chi connectivity index (χ1n) is 10.5. The number of carbonyl (C=O) groups is 1. The average molecular weight is 438 g/mol. The number of aromatic nitrogens is 2. The normalized spacial score (nSPS) is 17.2. The van der Waals surface area contributed by atoms with Gasteiger partial charge in [0.25, 0.3) is 5.91 Å². The first-order valence-corrected chi connectivity index (χ1v) is 10.9. The third-order valence-corrected chi connectivity index (χ3v) is 6.51. The summed E-state index contributed by atoms with van der Waals surface area (Å²) in [5.41, 5.74) is 3.05. The van der Waals surface area contributed by atoms with Gasteiger partial charge < -0.3 is 14.4 Å². The van der Waals surface area contributed by atoms with Gasteiger partial charge in [-0.2, -0.15) is 0 Å². The van der Waals surface area contributed by atoms with Gasteiger partial charge in [0.2, 0.25) is 11.8 Å². The van der Waals surface area contributed by atoms with Crippen LogP contribution in [0.1, 0.15) is 48.5 Å². The number of aliphatic hydroxyl groups is 1. The van der Waals surface area contributed by atoms with Gasteiger partial charge in [-0.15, -0.1) is 10.2 Å². The minimum atomic E-state index is -0.977. The van der Waals surface area contributed by atoms with E-state index in [-0.39, 0.29) is 11.9 Å². The van der Waals surface area contributed by atoms with Crippen LogP contribution in [0.15, 0.2) is 40.8 Å². The molecule has 5 rings (SSSR count). The molecule has 1 aliphatic heterocycles. The smallest absolute Gasteiger partial charge is 0.255 e. The fourth-order valence-corrected chi connectivity index (χ4v) is 4.92. The Labute approximate surface area is 185 Å². The molecule has 160 valence electrons. The summed E-state index contributed by atoms with van der Waals surface area (Å²) in [7, 11) is 0. The molecule has 1 fully saturated rings. The molecule has 3 aromatic rings. The zero-order chi connectivity index (χ0) is 21.9. The van der Waals surface area contributed by atoms with Crippen LogP contribution in [0, 0.1) is 12.8 Å². The molecule has 6 nitrogen and oxygen atoms in total. The maximum Gasteiger partial charge on any atom is 0.255 e.